The molecule has 0 saturated heterocycles. The zero-order valence-corrected chi connectivity index (χ0v) is 17.7. The first-order chi connectivity index (χ1) is 15.6. The Morgan fingerprint density at radius 2 is 1.66 bits per heavy atom. The maximum atomic E-state index is 12.7. The van der Waals surface area contributed by atoms with Crippen LogP contribution in [-0.2, 0) is 11.3 Å². The molecule has 4 rings (SSSR count). The smallest absolute Gasteiger partial charge is 0.265 e. The van der Waals surface area contributed by atoms with Crippen LogP contribution in [0.4, 0.5) is 5.69 Å². The van der Waals surface area contributed by atoms with Crippen LogP contribution in [0.25, 0.3) is 0 Å². The van der Waals surface area contributed by atoms with Gasteiger partial charge in [-0.3, -0.25) is 9.59 Å². The predicted octanol–water partition coefficient (Wildman–Crippen LogP) is 3.79. The van der Waals surface area contributed by atoms with Gasteiger partial charge in [0.05, 0.1) is 5.56 Å². The number of hydrogen-bond donors (Lipinski definition) is 2. The van der Waals surface area contributed by atoms with E-state index in [-0.39, 0.29) is 11.8 Å². The summed E-state index contributed by atoms with van der Waals surface area (Å²) in [6.45, 7) is 3.00. The fourth-order valence-electron chi connectivity index (χ4n) is 3.24. The van der Waals surface area contributed by atoms with Crippen LogP contribution in [0.15, 0.2) is 72.8 Å². The van der Waals surface area contributed by atoms with Crippen LogP contribution in [0.5, 0.6) is 17.2 Å². The highest BCUT2D eigenvalue weighted by molar-refractivity contribution is 5.97. The van der Waals surface area contributed by atoms with E-state index in [4.69, 9.17) is 14.2 Å². The van der Waals surface area contributed by atoms with Gasteiger partial charge < -0.3 is 24.8 Å². The Balaban J connectivity index is 1.39. The third kappa shape index (κ3) is 5.18. The molecule has 164 valence electrons. The largest absolute Gasteiger partial charge is 0.486 e. The molecule has 7 nitrogen and oxygen atoms in total. The predicted molar refractivity (Wildman–Crippen MR) is 120 cm³/mol. The quantitative estimate of drug-likeness (QED) is 0.593. The molecule has 1 aliphatic heterocycles. The van der Waals surface area contributed by atoms with Crippen molar-refractivity contribution < 1.29 is 23.8 Å². The lowest BCUT2D eigenvalue weighted by molar-refractivity contribution is -0.122. The topological polar surface area (TPSA) is 85.9 Å². The Hall–Kier alpha value is -4.00. The molecule has 7 heteroatoms. The van der Waals surface area contributed by atoms with Gasteiger partial charge in [0.25, 0.3) is 11.8 Å². The maximum Gasteiger partial charge on any atom is 0.265 e. The first kappa shape index (κ1) is 21.2. The van der Waals surface area contributed by atoms with Crippen molar-refractivity contribution in [3.8, 4) is 17.2 Å². The Morgan fingerprint density at radius 3 is 2.47 bits per heavy atom. The summed E-state index contributed by atoms with van der Waals surface area (Å²) in [4.78, 5) is 25.4. The lowest BCUT2D eigenvalue weighted by Crippen LogP contribution is -2.31. The number of benzene rings is 3. The second-order valence-electron chi connectivity index (χ2n) is 7.27. The Labute approximate surface area is 186 Å². The number of carbonyl (C=O) groups is 2. The van der Waals surface area contributed by atoms with Gasteiger partial charge >= 0.3 is 0 Å². The van der Waals surface area contributed by atoms with Crippen LogP contribution in [0.2, 0.25) is 0 Å². The second-order valence-corrected chi connectivity index (χ2v) is 7.27. The molecule has 0 spiro atoms. The van der Waals surface area contributed by atoms with E-state index in [9.17, 15) is 9.59 Å². The SMILES string of the molecule is C[C@H](Oc1ccccc1C(=O)NCc1ccccc1)C(=O)Nc1ccc2c(c1)OCCO2. The van der Waals surface area contributed by atoms with E-state index in [1.165, 1.54) is 0 Å². The van der Waals surface area contributed by atoms with Crippen molar-refractivity contribution in [2.75, 3.05) is 18.5 Å². The van der Waals surface area contributed by atoms with Crippen molar-refractivity contribution in [2.45, 2.75) is 19.6 Å². The molecule has 0 bridgehead atoms. The first-order valence-electron chi connectivity index (χ1n) is 10.4. The van der Waals surface area contributed by atoms with Crippen molar-refractivity contribution in [1.29, 1.82) is 0 Å². The van der Waals surface area contributed by atoms with Gasteiger partial charge in [-0.25, -0.2) is 0 Å². The van der Waals surface area contributed by atoms with Crippen molar-refractivity contribution in [1.82, 2.24) is 5.32 Å². The van der Waals surface area contributed by atoms with Crippen LogP contribution in [-0.4, -0.2) is 31.1 Å². The monoisotopic (exact) mass is 432 g/mol. The Bertz CT molecular complexity index is 1100. The number of carbonyl (C=O) groups excluding carboxylic acids is 2. The molecule has 0 fully saturated rings. The van der Waals surface area contributed by atoms with Gasteiger partial charge in [-0.2, -0.15) is 0 Å². The lowest BCUT2D eigenvalue weighted by atomic mass is 10.1. The summed E-state index contributed by atoms with van der Waals surface area (Å²) in [6, 6.07) is 21.7. The normalized spacial score (nSPS) is 13.0. The van der Waals surface area contributed by atoms with Crippen LogP contribution >= 0.6 is 0 Å². The Kier molecular flexibility index (Phi) is 6.55. The molecular weight excluding hydrogens is 408 g/mol. The summed E-state index contributed by atoms with van der Waals surface area (Å²) in [7, 11) is 0. The Morgan fingerprint density at radius 1 is 0.938 bits per heavy atom. The number of amides is 2. The van der Waals surface area contributed by atoms with E-state index in [1.54, 1.807) is 49.4 Å². The van der Waals surface area contributed by atoms with E-state index < -0.39 is 6.10 Å². The minimum Gasteiger partial charge on any atom is -0.486 e. The van der Waals surface area contributed by atoms with Gasteiger partial charge in [-0.05, 0) is 36.8 Å². The van der Waals surface area contributed by atoms with Gasteiger partial charge in [-0.15, -0.1) is 0 Å². The number of fused-ring (bicyclic) bond motifs is 1. The highest BCUT2D eigenvalue weighted by Crippen LogP contribution is 2.32. The van der Waals surface area contributed by atoms with Gasteiger partial charge in [0.2, 0.25) is 0 Å². The number of rotatable bonds is 7. The van der Waals surface area contributed by atoms with E-state index >= 15 is 0 Å². The number of para-hydroxylation sites is 1. The van der Waals surface area contributed by atoms with Crippen LogP contribution in [0.3, 0.4) is 0 Å². The van der Waals surface area contributed by atoms with Gasteiger partial charge in [0.15, 0.2) is 17.6 Å². The minimum atomic E-state index is -0.828. The third-order valence-electron chi connectivity index (χ3n) is 4.91. The summed E-state index contributed by atoms with van der Waals surface area (Å²) in [5, 5.41) is 5.69. The molecule has 1 aliphatic rings. The number of ether oxygens (including phenoxy) is 3. The van der Waals surface area contributed by atoms with Crippen molar-refractivity contribution in [2.24, 2.45) is 0 Å². The molecule has 0 radical (unpaired) electrons. The zero-order chi connectivity index (χ0) is 22.3. The molecule has 3 aromatic carbocycles. The summed E-state index contributed by atoms with van der Waals surface area (Å²) in [5.74, 6) is 0.949. The van der Waals surface area contributed by atoms with Crippen LogP contribution in [0.1, 0.15) is 22.8 Å². The molecule has 32 heavy (non-hydrogen) atoms. The summed E-state index contributed by atoms with van der Waals surface area (Å²) in [5.41, 5.74) is 1.93. The molecule has 0 saturated carbocycles. The van der Waals surface area contributed by atoms with E-state index in [0.29, 0.717) is 48.3 Å². The van der Waals surface area contributed by atoms with Crippen LogP contribution in [0, 0.1) is 0 Å². The van der Waals surface area contributed by atoms with E-state index in [1.807, 2.05) is 30.3 Å². The molecule has 2 N–H and O–H groups in total. The van der Waals surface area contributed by atoms with E-state index in [0.717, 1.165) is 5.56 Å². The zero-order valence-electron chi connectivity index (χ0n) is 17.7. The number of hydrogen-bond acceptors (Lipinski definition) is 5. The first-order valence-corrected chi connectivity index (χ1v) is 10.4. The maximum absolute atomic E-state index is 12.7. The average Bonchev–Trinajstić information content (AvgIpc) is 2.83. The fraction of sp³-hybridized carbons (Fsp3) is 0.200. The molecule has 0 aromatic heterocycles. The highest BCUT2D eigenvalue weighted by atomic mass is 16.6. The summed E-state index contributed by atoms with van der Waals surface area (Å²) < 4.78 is 16.9. The van der Waals surface area contributed by atoms with Crippen molar-refractivity contribution in [3.63, 3.8) is 0 Å². The van der Waals surface area contributed by atoms with Crippen molar-refractivity contribution in [3.05, 3.63) is 83.9 Å². The molecule has 1 heterocycles. The lowest BCUT2D eigenvalue weighted by Gasteiger charge is -2.20. The summed E-state index contributed by atoms with van der Waals surface area (Å²) in [6.07, 6.45) is -0.828. The van der Waals surface area contributed by atoms with E-state index in [2.05, 4.69) is 10.6 Å². The minimum absolute atomic E-state index is 0.274. The molecule has 1 atom stereocenters. The molecule has 3 aromatic rings. The van der Waals surface area contributed by atoms with Gasteiger partial charge in [0.1, 0.15) is 19.0 Å². The molecule has 2 amide bonds. The van der Waals surface area contributed by atoms with Gasteiger partial charge in [0, 0.05) is 18.3 Å². The van der Waals surface area contributed by atoms with Crippen LogP contribution < -0.4 is 24.8 Å². The highest BCUT2D eigenvalue weighted by Gasteiger charge is 2.20. The van der Waals surface area contributed by atoms with Gasteiger partial charge in [-0.1, -0.05) is 42.5 Å². The summed E-state index contributed by atoms with van der Waals surface area (Å²) >= 11 is 0. The molecular formula is C25H24N2O5. The number of anilines is 1. The van der Waals surface area contributed by atoms with Crippen molar-refractivity contribution >= 4 is 17.5 Å². The fourth-order valence-corrected chi connectivity index (χ4v) is 3.24. The second kappa shape index (κ2) is 9.87. The third-order valence-corrected chi connectivity index (χ3v) is 4.91. The number of nitrogens with one attached hydrogen (secondary N) is 2. The molecule has 0 unspecified atom stereocenters. The average molecular weight is 432 g/mol. The standard InChI is InChI=1S/C25H24N2O5/c1-17(24(28)27-19-11-12-22-23(15-19)31-14-13-30-22)32-21-10-6-5-9-20(21)25(29)26-16-18-7-3-2-4-8-18/h2-12,15,17H,13-14,16H2,1H3,(H,26,29)(H,27,28)/t17-/m0/s1. The molecule has 0 aliphatic carbocycles.